The summed E-state index contributed by atoms with van der Waals surface area (Å²) in [7, 11) is 0. The van der Waals surface area contributed by atoms with Crippen molar-refractivity contribution in [1.82, 2.24) is 14.9 Å². The van der Waals surface area contributed by atoms with Gasteiger partial charge in [0.2, 0.25) is 0 Å². The summed E-state index contributed by atoms with van der Waals surface area (Å²) < 4.78 is 7.85. The van der Waals surface area contributed by atoms with Gasteiger partial charge in [0, 0.05) is 13.0 Å². The van der Waals surface area contributed by atoms with Gasteiger partial charge in [-0.05, 0) is 37.7 Å². The number of nitrogens with one attached hydrogen (secondary N) is 1. The summed E-state index contributed by atoms with van der Waals surface area (Å²) in [5, 5.41) is 3.48. The predicted molar refractivity (Wildman–Crippen MR) is 84.2 cm³/mol. The van der Waals surface area contributed by atoms with E-state index in [0.717, 1.165) is 36.6 Å². The van der Waals surface area contributed by atoms with Crippen LogP contribution in [0.1, 0.15) is 31.5 Å². The summed E-state index contributed by atoms with van der Waals surface area (Å²) in [6.45, 7) is 6.09. The maximum absolute atomic E-state index is 5.57. The van der Waals surface area contributed by atoms with Gasteiger partial charge in [-0.25, -0.2) is 4.98 Å². The van der Waals surface area contributed by atoms with Crippen molar-refractivity contribution in [2.75, 3.05) is 6.54 Å². The lowest BCUT2D eigenvalue weighted by atomic mass is 10.1. The SMILES string of the molecule is CCNC(Cc1nc2ccccc2n1CC)c1ccco1. The molecule has 2 heterocycles. The van der Waals surface area contributed by atoms with E-state index in [-0.39, 0.29) is 6.04 Å². The van der Waals surface area contributed by atoms with E-state index in [9.17, 15) is 0 Å². The largest absolute Gasteiger partial charge is 0.468 e. The van der Waals surface area contributed by atoms with Crippen LogP contribution in [0.15, 0.2) is 47.1 Å². The standard InChI is InChI=1S/C17H21N3O/c1-3-18-14(16-10-7-11-21-16)12-17-19-13-8-5-6-9-15(13)20(17)4-2/h5-11,14,18H,3-4,12H2,1-2H3. The van der Waals surface area contributed by atoms with E-state index in [1.54, 1.807) is 6.26 Å². The molecule has 0 aliphatic rings. The number of nitrogens with zero attached hydrogens (tertiary/aromatic N) is 2. The highest BCUT2D eigenvalue weighted by atomic mass is 16.3. The van der Waals surface area contributed by atoms with Crippen LogP contribution in [0.25, 0.3) is 11.0 Å². The zero-order valence-corrected chi connectivity index (χ0v) is 12.5. The molecule has 0 spiro atoms. The van der Waals surface area contributed by atoms with E-state index in [1.165, 1.54) is 5.52 Å². The van der Waals surface area contributed by atoms with Gasteiger partial charge in [-0.15, -0.1) is 0 Å². The second kappa shape index (κ2) is 6.14. The summed E-state index contributed by atoms with van der Waals surface area (Å²) in [6, 6.07) is 12.4. The number of hydrogen-bond donors (Lipinski definition) is 1. The third kappa shape index (κ3) is 2.72. The van der Waals surface area contributed by atoms with Crippen LogP contribution in [-0.4, -0.2) is 16.1 Å². The Balaban J connectivity index is 1.95. The molecule has 4 heteroatoms. The Hall–Kier alpha value is -2.07. The molecule has 1 atom stereocenters. The lowest BCUT2D eigenvalue weighted by Gasteiger charge is -2.16. The van der Waals surface area contributed by atoms with Crippen molar-refractivity contribution in [3.05, 3.63) is 54.2 Å². The monoisotopic (exact) mass is 283 g/mol. The third-order valence-corrected chi connectivity index (χ3v) is 3.77. The fraction of sp³-hybridized carbons (Fsp3) is 0.353. The molecule has 3 aromatic rings. The second-order valence-corrected chi connectivity index (χ2v) is 5.09. The Morgan fingerprint density at radius 3 is 2.76 bits per heavy atom. The molecular weight excluding hydrogens is 262 g/mol. The molecule has 0 amide bonds. The van der Waals surface area contributed by atoms with Crippen molar-refractivity contribution < 1.29 is 4.42 Å². The second-order valence-electron chi connectivity index (χ2n) is 5.09. The minimum atomic E-state index is 0.159. The van der Waals surface area contributed by atoms with Crippen LogP contribution in [0.3, 0.4) is 0 Å². The molecule has 0 radical (unpaired) electrons. The van der Waals surface area contributed by atoms with Crippen molar-refractivity contribution in [3.63, 3.8) is 0 Å². The number of furan rings is 1. The minimum absolute atomic E-state index is 0.159. The molecule has 2 aromatic heterocycles. The molecule has 0 aliphatic heterocycles. The number of para-hydroxylation sites is 2. The molecule has 0 fully saturated rings. The van der Waals surface area contributed by atoms with Gasteiger partial charge in [-0.3, -0.25) is 0 Å². The summed E-state index contributed by atoms with van der Waals surface area (Å²) in [5.41, 5.74) is 2.26. The number of aromatic nitrogens is 2. The first-order valence-electron chi connectivity index (χ1n) is 7.54. The van der Waals surface area contributed by atoms with Crippen molar-refractivity contribution in [3.8, 4) is 0 Å². The Morgan fingerprint density at radius 2 is 2.05 bits per heavy atom. The van der Waals surface area contributed by atoms with Crippen LogP contribution in [0.5, 0.6) is 0 Å². The molecule has 1 unspecified atom stereocenters. The third-order valence-electron chi connectivity index (χ3n) is 3.77. The molecule has 4 nitrogen and oxygen atoms in total. The average Bonchev–Trinajstić information content (AvgIpc) is 3.14. The number of likely N-dealkylation sites (N-methyl/N-ethyl adjacent to an activating group) is 1. The molecule has 0 saturated carbocycles. The first-order valence-corrected chi connectivity index (χ1v) is 7.54. The average molecular weight is 283 g/mol. The van der Waals surface area contributed by atoms with Crippen LogP contribution in [0, 0.1) is 0 Å². The maximum atomic E-state index is 5.57. The van der Waals surface area contributed by atoms with Crippen molar-refractivity contribution >= 4 is 11.0 Å². The van der Waals surface area contributed by atoms with E-state index in [0.29, 0.717) is 0 Å². The first kappa shape index (κ1) is 13.9. The zero-order chi connectivity index (χ0) is 14.7. The maximum Gasteiger partial charge on any atom is 0.121 e. The van der Waals surface area contributed by atoms with E-state index < -0.39 is 0 Å². The molecule has 110 valence electrons. The molecule has 0 aliphatic carbocycles. The summed E-state index contributed by atoms with van der Waals surface area (Å²) in [5.74, 6) is 2.06. The highest BCUT2D eigenvalue weighted by molar-refractivity contribution is 5.75. The Morgan fingerprint density at radius 1 is 1.19 bits per heavy atom. The summed E-state index contributed by atoms with van der Waals surface area (Å²) in [4.78, 5) is 4.80. The van der Waals surface area contributed by atoms with Crippen LogP contribution < -0.4 is 5.32 Å². The van der Waals surface area contributed by atoms with Gasteiger partial charge < -0.3 is 14.3 Å². The van der Waals surface area contributed by atoms with Gasteiger partial charge in [0.05, 0.1) is 23.3 Å². The van der Waals surface area contributed by atoms with E-state index >= 15 is 0 Å². The fourth-order valence-electron chi connectivity index (χ4n) is 2.83. The number of fused-ring (bicyclic) bond motifs is 1. The van der Waals surface area contributed by atoms with Crippen molar-refractivity contribution in [1.29, 1.82) is 0 Å². The van der Waals surface area contributed by atoms with Crippen LogP contribution in [0.2, 0.25) is 0 Å². The molecule has 0 bridgehead atoms. The van der Waals surface area contributed by atoms with Crippen molar-refractivity contribution in [2.45, 2.75) is 32.9 Å². The molecule has 1 N–H and O–H groups in total. The van der Waals surface area contributed by atoms with Crippen LogP contribution in [-0.2, 0) is 13.0 Å². The normalized spacial score (nSPS) is 12.9. The summed E-state index contributed by atoms with van der Waals surface area (Å²) >= 11 is 0. The molecule has 21 heavy (non-hydrogen) atoms. The van der Waals surface area contributed by atoms with Crippen molar-refractivity contribution in [2.24, 2.45) is 0 Å². The number of rotatable bonds is 6. The Kier molecular flexibility index (Phi) is 4.06. The zero-order valence-electron chi connectivity index (χ0n) is 12.5. The van der Waals surface area contributed by atoms with E-state index in [4.69, 9.17) is 9.40 Å². The van der Waals surface area contributed by atoms with Gasteiger partial charge in [0.25, 0.3) is 0 Å². The van der Waals surface area contributed by atoms with Gasteiger partial charge in [-0.2, -0.15) is 0 Å². The lowest BCUT2D eigenvalue weighted by Crippen LogP contribution is -2.24. The van der Waals surface area contributed by atoms with Crippen LogP contribution >= 0.6 is 0 Å². The molecule has 0 saturated heterocycles. The Labute approximate surface area is 124 Å². The number of imidazole rings is 1. The predicted octanol–water partition coefficient (Wildman–Crippen LogP) is 3.54. The highest BCUT2D eigenvalue weighted by Gasteiger charge is 2.18. The van der Waals surface area contributed by atoms with E-state index in [1.807, 2.05) is 18.2 Å². The first-order chi connectivity index (χ1) is 10.3. The molecular formula is C17H21N3O. The smallest absolute Gasteiger partial charge is 0.121 e. The molecule has 3 rings (SSSR count). The lowest BCUT2D eigenvalue weighted by molar-refractivity contribution is 0.408. The number of hydrogen-bond acceptors (Lipinski definition) is 3. The van der Waals surface area contributed by atoms with Gasteiger partial charge in [0.15, 0.2) is 0 Å². The Bertz CT molecular complexity index is 700. The van der Waals surface area contributed by atoms with Gasteiger partial charge >= 0.3 is 0 Å². The minimum Gasteiger partial charge on any atom is -0.468 e. The highest BCUT2D eigenvalue weighted by Crippen LogP contribution is 2.22. The van der Waals surface area contributed by atoms with Crippen LogP contribution in [0.4, 0.5) is 0 Å². The van der Waals surface area contributed by atoms with E-state index in [2.05, 4.69) is 41.9 Å². The quantitative estimate of drug-likeness (QED) is 0.752. The number of aryl methyl sites for hydroxylation is 1. The fourth-order valence-corrected chi connectivity index (χ4v) is 2.83. The molecule has 1 aromatic carbocycles. The van der Waals surface area contributed by atoms with Gasteiger partial charge in [0.1, 0.15) is 11.6 Å². The van der Waals surface area contributed by atoms with Gasteiger partial charge in [-0.1, -0.05) is 19.1 Å². The topological polar surface area (TPSA) is 43.0 Å². The number of benzene rings is 1. The summed E-state index contributed by atoms with van der Waals surface area (Å²) in [6.07, 6.45) is 2.55.